The summed E-state index contributed by atoms with van der Waals surface area (Å²) >= 11 is 0. The molecule has 20 heavy (non-hydrogen) atoms. The molecule has 0 saturated carbocycles. The minimum atomic E-state index is -0.226. The van der Waals surface area contributed by atoms with Crippen LogP contribution in [-0.2, 0) is 20.7 Å². The minimum absolute atomic E-state index is 0.0955. The van der Waals surface area contributed by atoms with Crippen LogP contribution in [0.2, 0.25) is 0 Å². The Morgan fingerprint density at radius 1 is 1.45 bits per heavy atom. The summed E-state index contributed by atoms with van der Waals surface area (Å²) in [6, 6.07) is 5.54. The topological polar surface area (TPSA) is 64.6 Å². The van der Waals surface area contributed by atoms with E-state index in [0.29, 0.717) is 6.61 Å². The molecule has 1 heterocycles. The quantitative estimate of drug-likeness (QED) is 0.858. The molecule has 1 atom stereocenters. The van der Waals surface area contributed by atoms with E-state index in [0.717, 1.165) is 29.8 Å². The Morgan fingerprint density at radius 2 is 2.25 bits per heavy atom. The highest BCUT2D eigenvalue weighted by molar-refractivity contribution is 5.88. The molecule has 1 aliphatic rings. The second-order valence-corrected chi connectivity index (χ2v) is 4.79. The van der Waals surface area contributed by atoms with Gasteiger partial charge in [0.1, 0.15) is 11.9 Å². The van der Waals surface area contributed by atoms with E-state index in [1.54, 1.807) is 13.0 Å². The van der Waals surface area contributed by atoms with E-state index in [2.05, 4.69) is 5.32 Å². The van der Waals surface area contributed by atoms with Gasteiger partial charge < -0.3 is 14.8 Å². The Bertz CT molecular complexity index is 513. The molecule has 108 valence electrons. The summed E-state index contributed by atoms with van der Waals surface area (Å²) in [6.07, 6.45) is 1.75. The summed E-state index contributed by atoms with van der Waals surface area (Å²) in [5.74, 6) is 0.456. The van der Waals surface area contributed by atoms with Crippen LogP contribution in [0.4, 0.5) is 5.69 Å². The summed E-state index contributed by atoms with van der Waals surface area (Å²) in [5, 5.41) is 2.75. The molecule has 0 aromatic heterocycles. The van der Waals surface area contributed by atoms with Crippen LogP contribution in [0.3, 0.4) is 0 Å². The average Bonchev–Trinajstić information content (AvgIpc) is 2.38. The Labute approximate surface area is 118 Å². The fourth-order valence-corrected chi connectivity index (χ4v) is 2.28. The third-order valence-electron chi connectivity index (χ3n) is 3.11. The Hall–Kier alpha value is -2.04. The van der Waals surface area contributed by atoms with E-state index in [1.807, 2.05) is 12.1 Å². The second-order valence-electron chi connectivity index (χ2n) is 4.79. The van der Waals surface area contributed by atoms with Gasteiger partial charge in [-0.25, -0.2) is 0 Å². The number of nitrogens with one attached hydrogen (secondary N) is 1. The molecule has 0 bridgehead atoms. The maximum absolute atomic E-state index is 11.4. The fourth-order valence-electron chi connectivity index (χ4n) is 2.28. The molecule has 1 aliphatic heterocycles. The van der Waals surface area contributed by atoms with Crippen LogP contribution < -0.4 is 10.1 Å². The van der Waals surface area contributed by atoms with Crippen LogP contribution in [0.25, 0.3) is 0 Å². The number of rotatable bonds is 4. The standard InChI is InChI=1S/C15H19NO4/c1-3-19-15(18)9-13-6-4-11-8-12(16-10(2)17)5-7-14(11)20-13/h5,7-8,13H,3-4,6,9H2,1-2H3,(H,16,17)/t13-/m0/s1. The van der Waals surface area contributed by atoms with Crippen LogP contribution in [0.5, 0.6) is 5.75 Å². The van der Waals surface area contributed by atoms with Gasteiger partial charge in [-0.15, -0.1) is 0 Å². The van der Waals surface area contributed by atoms with Crippen LogP contribution in [0.1, 0.15) is 32.3 Å². The summed E-state index contributed by atoms with van der Waals surface area (Å²) in [6.45, 7) is 3.66. The minimum Gasteiger partial charge on any atom is -0.490 e. The molecule has 1 N–H and O–H groups in total. The monoisotopic (exact) mass is 277 g/mol. The first-order valence-electron chi connectivity index (χ1n) is 6.81. The zero-order valence-electron chi connectivity index (χ0n) is 11.8. The number of benzene rings is 1. The van der Waals surface area contributed by atoms with E-state index in [-0.39, 0.29) is 24.4 Å². The van der Waals surface area contributed by atoms with Gasteiger partial charge in [0.15, 0.2) is 0 Å². The van der Waals surface area contributed by atoms with E-state index in [1.165, 1.54) is 6.92 Å². The smallest absolute Gasteiger partial charge is 0.309 e. The second kappa shape index (κ2) is 6.41. The lowest BCUT2D eigenvalue weighted by molar-refractivity contribution is -0.145. The zero-order chi connectivity index (χ0) is 14.5. The molecule has 0 radical (unpaired) electrons. The number of fused-ring (bicyclic) bond motifs is 1. The van der Waals surface area contributed by atoms with Crippen molar-refractivity contribution in [3.05, 3.63) is 23.8 Å². The molecular weight excluding hydrogens is 258 g/mol. The lowest BCUT2D eigenvalue weighted by Crippen LogP contribution is -2.26. The molecule has 1 amide bonds. The number of anilines is 1. The highest BCUT2D eigenvalue weighted by Gasteiger charge is 2.23. The SMILES string of the molecule is CCOC(=O)C[C@@H]1CCc2cc(NC(C)=O)ccc2O1. The van der Waals surface area contributed by atoms with Crippen LogP contribution in [0.15, 0.2) is 18.2 Å². The highest BCUT2D eigenvalue weighted by atomic mass is 16.5. The van der Waals surface area contributed by atoms with Crippen LogP contribution >= 0.6 is 0 Å². The van der Waals surface area contributed by atoms with E-state index < -0.39 is 0 Å². The number of carbonyl (C=O) groups excluding carboxylic acids is 2. The third-order valence-corrected chi connectivity index (χ3v) is 3.11. The number of hydrogen-bond acceptors (Lipinski definition) is 4. The molecule has 0 aliphatic carbocycles. The Balaban J connectivity index is 2.00. The van der Waals surface area contributed by atoms with Gasteiger partial charge in [-0.05, 0) is 43.5 Å². The number of hydrogen-bond donors (Lipinski definition) is 1. The number of ether oxygens (including phenoxy) is 2. The molecule has 1 aromatic rings. The molecule has 1 aromatic carbocycles. The van der Waals surface area contributed by atoms with Gasteiger partial charge in [0.05, 0.1) is 13.0 Å². The van der Waals surface area contributed by atoms with E-state index >= 15 is 0 Å². The first-order chi connectivity index (χ1) is 9.58. The molecule has 5 heteroatoms. The largest absolute Gasteiger partial charge is 0.490 e. The fraction of sp³-hybridized carbons (Fsp3) is 0.467. The maximum Gasteiger partial charge on any atom is 0.309 e. The average molecular weight is 277 g/mol. The maximum atomic E-state index is 11.4. The zero-order valence-corrected chi connectivity index (χ0v) is 11.8. The van der Waals surface area contributed by atoms with Gasteiger partial charge >= 0.3 is 5.97 Å². The number of aryl methyl sites for hydroxylation is 1. The van der Waals surface area contributed by atoms with Crippen molar-refractivity contribution in [2.45, 2.75) is 39.2 Å². The van der Waals surface area contributed by atoms with Gasteiger partial charge in [0, 0.05) is 12.6 Å². The Kier molecular flexibility index (Phi) is 4.61. The van der Waals surface area contributed by atoms with Crippen molar-refractivity contribution in [2.24, 2.45) is 0 Å². The normalized spacial score (nSPS) is 16.8. The van der Waals surface area contributed by atoms with Crippen LogP contribution in [0, 0.1) is 0 Å². The van der Waals surface area contributed by atoms with Crippen LogP contribution in [-0.4, -0.2) is 24.6 Å². The van der Waals surface area contributed by atoms with E-state index in [9.17, 15) is 9.59 Å². The molecule has 0 spiro atoms. The summed E-state index contributed by atoms with van der Waals surface area (Å²) in [4.78, 5) is 22.5. The van der Waals surface area contributed by atoms with Gasteiger partial charge in [-0.1, -0.05) is 0 Å². The third kappa shape index (κ3) is 3.73. The number of carbonyl (C=O) groups is 2. The van der Waals surface area contributed by atoms with Crippen molar-refractivity contribution in [1.29, 1.82) is 0 Å². The van der Waals surface area contributed by atoms with Gasteiger partial charge in [0.25, 0.3) is 0 Å². The lowest BCUT2D eigenvalue weighted by atomic mass is 10.00. The predicted molar refractivity (Wildman–Crippen MR) is 74.7 cm³/mol. The van der Waals surface area contributed by atoms with Crippen molar-refractivity contribution in [3.8, 4) is 5.75 Å². The van der Waals surface area contributed by atoms with Crippen molar-refractivity contribution in [1.82, 2.24) is 0 Å². The van der Waals surface area contributed by atoms with Crippen molar-refractivity contribution < 1.29 is 19.1 Å². The molecule has 0 fully saturated rings. The molecular formula is C15H19NO4. The lowest BCUT2D eigenvalue weighted by Gasteiger charge is -2.26. The first-order valence-corrected chi connectivity index (χ1v) is 6.81. The van der Waals surface area contributed by atoms with Gasteiger partial charge in [-0.3, -0.25) is 9.59 Å². The Morgan fingerprint density at radius 3 is 2.95 bits per heavy atom. The van der Waals surface area contributed by atoms with Crippen molar-refractivity contribution in [2.75, 3.05) is 11.9 Å². The van der Waals surface area contributed by atoms with Crippen molar-refractivity contribution in [3.63, 3.8) is 0 Å². The van der Waals surface area contributed by atoms with Crippen molar-refractivity contribution >= 4 is 17.6 Å². The number of amides is 1. The summed E-state index contributed by atoms with van der Waals surface area (Å²) in [7, 11) is 0. The predicted octanol–water partition coefficient (Wildman–Crippen LogP) is 2.29. The van der Waals surface area contributed by atoms with E-state index in [4.69, 9.17) is 9.47 Å². The van der Waals surface area contributed by atoms with Gasteiger partial charge in [0.2, 0.25) is 5.91 Å². The molecule has 0 unspecified atom stereocenters. The molecule has 0 saturated heterocycles. The summed E-state index contributed by atoms with van der Waals surface area (Å²) < 4.78 is 10.7. The van der Waals surface area contributed by atoms with Gasteiger partial charge in [-0.2, -0.15) is 0 Å². The highest BCUT2D eigenvalue weighted by Crippen LogP contribution is 2.31. The first kappa shape index (κ1) is 14.4. The molecule has 2 rings (SSSR count). The molecule has 5 nitrogen and oxygen atoms in total. The summed E-state index contributed by atoms with van der Waals surface area (Å²) in [5.41, 5.74) is 1.82. The number of esters is 1.